The number of hydrogen-bond donors (Lipinski definition) is 1. The highest BCUT2D eigenvalue weighted by Gasteiger charge is 2.23. The van der Waals surface area contributed by atoms with Gasteiger partial charge in [-0.05, 0) is 23.8 Å². The minimum Gasteiger partial charge on any atom is -0.381 e. The van der Waals surface area contributed by atoms with Gasteiger partial charge in [-0.2, -0.15) is 0 Å². The van der Waals surface area contributed by atoms with Crippen LogP contribution in [0.2, 0.25) is 0 Å². The van der Waals surface area contributed by atoms with Gasteiger partial charge >= 0.3 is 0 Å². The minimum atomic E-state index is -0.681. The average molecular weight is 363 g/mol. The van der Waals surface area contributed by atoms with E-state index in [-0.39, 0.29) is 23.2 Å². The molecule has 1 fully saturated rings. The number of nitrogens with zero attached hydrogens (tertiary/aromatic N) is 2. The van der Waals surface area contributed by atoms with Crippen molar-refractivity contribution < 1.29 is 18.4 Å². The van der Waals surface area contributed by atoms with Gasteiger partial charge in [-0.1, -0.05) is 12.1 Å². The molecule has 0 amide bonds. The van der Waals surface area contributed by atoms with E-state index in [2.05, 4.69) is 10.2 Å². The first-order valence-corrected chi connectivity index (χ1v) is 8.29. The highest BCUT2D eigenvalue weighted by Crippen LogP contribution is 2.25. The van der Waals surface area contributed by atoms with Crippen LogP contribution >= 0.6 is 0 Å². The third-order valence-electron chi connectivity index (χ3n) is 4.39. The van der Waals surface area contributed by atoms with Gasteiger partial charge < -0.3 is 10.1 Å². The number of nitrogens with one attached hydrogen (secondary N) is 1. The molecule has 1 unspecified atom stereocenters. The summed E-state index contributed by atoms with van der Waals surface area (Å²) in [5.41, 5.74) is 0.801. The molecule has 0 saturated carbocycles. The highest BCUT2D eigenvalue weighted by atomic mass is 19.1. The van der Waals surface area contributed by atoms with E-state index in [1.807, 2.05) is 0 Å². The molecule has 8 heteroatoms. The van der Waals surface area contributed by atoms with E-state index in [1.165, 1.54) is 24.3 Å². The van der Waals surface area contributed by atoms with Gasteiger partial charge in [-0.15, -0.1) is 0 Å². The number of non-ortho nitro benzene ring substituents is 1. The molecule has 0 bridgehead atoms. The monoisotopic (exact) mass is 363 g/mol. The van der Waals surface area contributed by atoms with E-state index in [9.17, 15) is 18.9 Å². The third kappa shape index (κ3) is 4.33. The Morgan fingerprint density at radius 1 is 1.15 bits per heavy atom. The number of nitro groups is 1. The second-order valence-electron chi connectivity index (χ2n) is 6.02. The molecule has 6 nitrogen and oxygen atoms in total. The SMILES string of the molecule is O=[N+]([O-])c1ccc(NCC(c2ccc(F)cc2)N2CCOCC2)c(F)c1. The Hall–Kier alpha value is -2.58. The summed E-state index contributed by atoms with van der Waals surface area (Å²) in [6.45, 7) is 3.01. The molecule has 0 aromatic heterocycles. The lowest BCUT2D eigenvalue weighted by atomic mass is 10.0. The molecule has 3 rings (SSSR count). The zero-order chi connectivity index (χ0) is 18.5. The maximum Gasteiger partial charge on any atom is 0.272 e. The minimum absolute atomic E-state index is 0.103. The number of ether oxygens (including phenoxy) is 1. The van der Waals surface area contributed by atoms with E-state index in [0.717, 1.165) is 11.6 Å². The van der Waals surface area contributed by atoms with Gasteiger partial charge in [-0.3, -0.25) is 15.0 Å². The van der Waals surface area contributed by atoms with Crippen molar-refractivity contribution >= 4 is 11.4 Å². The van der Waals surface area contributed by atoms with Crippen LogP contribution in [-0.2, 0) is 4.74 Å². The average Bonchev–Trinajstić information content (AvgIpc) is 2.65. The van der Waals surface area contributed by atoms with Crippen LogP contribution in [0.5, 0.6) is 0 Å². The fourth-order valence-electron chi connectivity index (χ4n) is 3.00. The smallest absolute Gasteiger partial charge is 0.272 e. The summed E-state index contributed by atoms with van der Waals surface area (Å²) >= 11 is 0. The Labute approximate surface area is 149 Å². The van der Waals surface area contributed by atoms with Crippen molar-refractivity contribution in [3.05, 3.63) is 69.8 Å². The molecule has 2 aromatic rings. The summed E-state index contributed by atoms with van der Waals surface area (Å²) in [5, 5.41) is 13.7. The summed E-state index contributed by atoms with van der Waals surface area (Å²) in [7, 11) is 0. The quantitative estimate of drug-likeness (QED) is 0.630. The molecule has 26 heavy (non-hydrogen) atoms. The first-order chi connectivity index (χ1) is 12.5. The summed E-state index contributed by atoms with van der Waals surface area (Å²) in [6.07, 6.45) is 0. The van der Waals surface area contributed by atoms with Crippen molar-refractivity contribution in [3.8, 4) is 0 Å². The van der Waals surface area contributed by atoms with Crippen LogP contribution in [0.4, 0.5) is 20.2 Å². The number of benzene rings is 2. The molecule has 1 aliphatic rings. The van der Waals surface area contributed by atoms with E-state index < -0.39 is 10.7 Å². The second-order valence-corrected chi connectivity index (χ2v) is 6.02. The van der Waals surface area contributed by atoms with Crippen molar-refractivity contribution in [2.75, 3.05) is 38.2 Å². The van der Waals surface area contributed by atoms with Gasteiger partial charge in [0, 0.05) is 25.7 Å². The van der Waals surface area contributed by atoms with E-state index in [0.29, 0.717) is 32.8 Å². The van der Waals surface area contributed by atoms with Crippen LogP contribution in [0.15, 0.2) is 42.5 Å². The van der Waals surface area contributed by atoms with Crippen LogP contribution in [0, 0.1) is 21.7 Å². The van der Waals surface area contributed by atoms with Gasteiger partial charge in [-0.25, -0.2) is 8.78 Å². The van der Waals surface area contributed by atoms with Crippen LogP contribution in [0.3, 0.4) is 0 Å². The molecular formula is C18H19F2N3O3. The molecule has 2 aromatic carbocycles. The van der Waals surface area contributed by atoms with Gasteiger partial charge in [0.15, 0.2) is 5.82 Å². The normalized spacial score (nSPS) is 16.2. The van der Waals surface area contributed by atoms with Crippen LogP contribution in [-0.4, -0.2) is 42.7 Å². The Morgan fingerprint density at radius 3 is 2.46 bits per heavy atom. The lowest BCUT2D eigenvalue weighted by Gasteiger charge is -2.35. The fraction of sp³-hybridized carbons (Fsp3) is 0.333. The van der Waals surface area contributed by atoms with Crippen LogP contribution in [0.1, 0.15) is 11.6 Å². The summed E-state index contributed by atoms with van der Waals surface area (Å²) in [6, 6.07) is 9.62. The number of rotatable bonds is 6. The molecule has 0 aliphatic carbocycles. The zero-order valence-corrected chi connectivity index (χ0v) is 14.0. The molecule has 0 spiro atoms. The Morgan fingerprint density at radius 2 is 1.85 bits per heavy atom. The summed E-state index contributed by atoms with van der Waals surface area (Å²) in [4.78, 5) is 12.3. The molecule has 1 N–H and O–H groups in total. The standard InChI is InChI=1S/C18H19F2N3O3/c19-14-3-1-13(2-4-14)18(22-7-9-26-10-8-22)12-21-17-6-5-15(23(24)25)11-16(17)20/h1-6,11,18,21H,7-10,12H2. The van der Waals surface area contributed by atoms with Crippen LogP contribution in [0.25, 0.3) is 0 Å². The summed E-state index contributed by atoms with van der Waals surface area (Å²) in [5.74, 6) is -0.997. The van der Waals surface area contributed by atoms with Crippen molar-refractivity contribution in [3.63, 3.8) is 0 Å². The van der Waals surface area contributed by atoms with Gasteiger partial charge in [0.1, 0.15) is 5.82 Å². The molecular weight excluding hydrogens is 344 g/mol. The zero-order valence-electron chi connectivity index (χ0n) is 14.0. The first kappa shape index (κ1) is 18.2. The summed E-state index contributed by atoms with van der Waals surface area (Å²) < 4.78 is 32.7. The van der Waals surface area contributed by atoms with E-state index in [1.54, 1.807) is 12.1 Å². The second kappa shape index (κ2) is 8.20. The number of morpholine rings is 1. The molecule has 1 heterocycles. The lowest BCUT2D eigenvalue weighted by Crippen LogP contribution is -2.41. The lowest BCUT2D eigenvalue weighted by molar-refractivity contribution is -0.385. The number of halogens is 2. The number of nitro benzene ring substituents is 1. The Bertz CT molecular complexity index is 765. The first-order valence-electron chi connectivity index (χ1n) is 8.29. The fourth-order valence-corrected chi connectivity index (χ4v) is 3.00. The molecule has 0 radical (unpaired) electrons. The van der Waals surface area contributed by atoms with Crippen molar-refractivity contribution in [2.45, 2.75) is 6.04 Å². The van der Waals surface area contributed by atoms with Gasteiger partial charge in [0.05, 0.1) is 35.9 Å². The predicted octanol–water partition coefficient (Wildman–Crippen LogP) is 3.36. The van der Waals surface area contributed by atoms with Crippen molar-refractivity contribution in [1.82, 2.24) is 4.90 Å². The molecule has 138 valence electrons. The maximum absolute atomic E-state index is 14.1. The van der Waals surface area contributed by atoms with Gasteiger partial charge in [0.25, 0.3) is 5.69 Å². The maximum atomic E-state index is 14.1. The van der Waals surface area contributed by atoms with Crippen molar-refractivity contribution in [2.24, 2.45) is 0 Å². The molecule has 1 aliphatic heterocycles. The van der Waals surface area contributed by atoms with Gasteiger partial charge in [0.2, 0.25) is 0 Å². The Kier molecular flexibility index (Phi) is 5.75. The molecule has 1 saturated heterocycles. The van der Waals surface area contributed by atoms with Crippen molar-refractivity contribution in [1.29, 1.82) is 0 Å². The number of hydrogen-bond acceptors (Lipinski definition) is 5. The topological polar surface area (TPSA) is 67.6 Å². The third-order valence-corrected chi connectivity index (χ3v) is 4.39. The van der Waals surface area contributed by atoms with E-state index in [4.69, 9.17) is 4.74 Å². The highest BCUT2D eigenvalue weighted by molar-refractivity contribution is 5.50. The predicted molar refractivity (Wildman–Crippen MR) is 93.1 cm³/mol. The number of anilines is 1. The molecule has 1 atom stereocenters. The largest absolute Gasteiger partial charge is 0.381 e. The van der Waals surface area contributed by atoms with Crippen LogP contribution < -0.4 is 5.32 Å². The van der Waals surface area contributed by atoms with E-state index >= 15 is 0 Å². The Balaban J connectivity index is 1.77.